The van der Waals surface area contributed by atoms with E-state index in [0.717, 1.165) is 51.4 Å². The van der Waals surface area contributed by atoms with Crippen LogP contribution in [-0.2, 0) is 19.7 Å². The van der Waals surface area contributed by atoms with Gasteiger partial charge in [0.05, 0.1) is 0 Å². The molecule has 0 aliphatic carbocycles. The fourth-order valence-corrected chi connectivity index (χ4v) is 4.12. The summed E-state index contributed by atoms with van der Waals surface area (Å²) < 4.78 is 32.9. The summed E-state index contributed by atoms with van der Waals surface area (Å²) in [6.07, 6.45) is 7.50. The molecule has 0 aromatic carbocycles. The fraction of sp³-hybridized carbons (Fsp3) is 0.900. The molecule has 1 N–H and O–H groups in total. The van der Waals surface area contributed by atoms with E-state index < -0.39 is 27.6 Å². The molecule has 0 aromatic heterocycles. The van der Waals surface area contributed by atoms with E-state index in [1.165, 1.54) is 0 Å². The van der Waals surface area contributed by atoms with Crippen molar-refractivity contribution in [1.82, 2.24) is 0 Å². The van der Waals surface area contributed by atoms with Crippen LogP contribution in [0, 0.1) is 11.8 Å². The molecule has 7 heteroatoms. The molecule has 0 saturated carbocycles. The van der Waals surface area contributed by atoms with Crippen molar-refractivity contribution in [3.8, 4) is 0 Å². The molecule has 0 amide bonds. The van der Waals surface area contributed by atoms with Crippen LogP contribution in [0.2, 0.25) is 0 Å². The Labute approximate surface area is 190 Å². The van der Waals surface area contributed by atoms with E-state index >= 15 is 0 Å². The van der Waals surface area contributed by atoms with Crippen molar-refractivity contribution in [3.63, 3.8) is 0 Å². The molecule has 0 rings (SSSR count). The second-order valence-electron chi connectivity index (χ2n) is 7.45. The van der Waals surface area contributed by atoms with Gasteiger partial charge in [-0.2, -0.15) is 8.42 Å². The molecule has 3 unspecified atom stereocenters. The minimum Gasteiger partial charge on any atom is -1.00 e. The van der Waals surface area contributed by atoms with E-state index in [4.69, 9.17) is 0 Å². The third-order valence-corrected chi connectivity index (χ3v) is 6.37. The number of carbonyl (C=O) groups is 2. The number of hydrogen-bond acceptors (Lipinski definition) is 4. The smallest absolute Gasteiger partial charge is 1.00 e. The number of hydrogen-bond donors (Lipinski definition) is 1. The number of ketones is 2. The summed E-state index contributed by atoms with van der Waals surface area (Å²) in [5, 5.41) is -1.60. The van der Waals surface area contributed by atoms with Gasteiger partial charge >= 0.3 is 29.6 Å². The summed E-state index contributed by atoms with van der Waals surface area (Å²) in [5.74, 6) is -0.446. The van der Waals surface area contributed by atoms with Crippen molar-refractivity contribution < 1.29 is 53.5 Å². The van der Waals surface area contributed by atoms with Gasteiger partial charge in [0.1, 0.15) is 5.78 Å². The molecular weight excluding hydrogens is 375 g/mol. The summed E-state index contributed by atoms with van der Waals surface area (Å²) in [5.41, 5.74) is 0. The third-order valence-electron chi connectivity index (χ3n) is 5.22. The van der Waals surface area contributed by atoms with Crippen molar-refractivity contribution in [2.75, 3.05) is 0 Å². The Morgan fingerprint density at radius 2 is 1.30 bits per heavy atom. The predicted molar refractivity (Wildman–Crippen MR) is 107 cm³/mol. The first kappa shape index (κ1) is 29.5. The van der Waals surface area contributed by atoms with E-state index in [1.54, 1.807) is 0 Å². The summed E-state index contributed by atoms with van der Waals surface area (Å²) in [4.78, 5) is 24.8. The topological polar surface area (TPSA) is 88.5 Å². The predicted octanol–water partition coefficient (Wildman–Crippen LogP) is 2.10. The molecule has 0 heterocycles. The fourth-order valence-electron chi connectivity index (χ4n) is 3.30. The van der Waals surface area contributed by atoms with Crippen LogP contribution in [0.25, 0.3) is 0 Å². The maximum atomic E-state index is 12.5. The average molecular weight is 415 g/mol. The maximum absolute atomic E-state index is 12.5. The number of rotatable bonds is 16. The molecule has 156 valence electrons. The Bertz CT molecular complexity index is 525. The van der Waals surface area contributed by atoms with Gasteiger partial charge in [-0.05, 0) is 11.8 Å². The zero-order chi connectivity index (χ0) is 20.2. The van der Waals surface area contributed by atoms with E-state index in [0.29, 0.717) is 0 Å². The minimum absolute atomic E-state index is 0. The Balaban J connectivity index is -0.00000312. The van der Waals surface area contributed by atoms with Crippen LogP contribution in [0.4, 0.5) is 0 Å². The van der Waals surface area contributed by atoms with Crippen LogP contribution in [-0.4, -0.2) is 29.8 Å². The molecule has 0 radical (unpaired) electrons. The second kappa shape index (κ2) is 16.1. The molecule has 3 atom stereocenters. The minimum atomic E-state index is -4.56. The van der Waals surface area contributed by atoms with Gasteiger partial charge in [0, 0.05) is 19.3 Å². The van der Waals surface area contributed by atoms with Gasteiger partial charge < -0.3 is 1.43 Å². The maximum Gasteiger partial charge on any atom is 1.00 e. The van der Waals surface area contributed by atoms with Gasteiger partial charge in [0.15, 0.2) is 11.0 Å². The van der Waals surface area contributed by atoms with E-state index in [-0.39, 0.29) is 61.4 Å². The summed E-state index contributed by atoms with van der Waals surface area (Å²) in [6, 6.07) is 0. The Morgan fingerprint density at radius 1 is 0.852 bits per heavy atom. The molecule has 0 saturated heterocycles. The summed E-state index contributed by atoms with van der Waals surface area (Å²) in [6.45, 7) is 8.14. The van der Waals surface area contributed by atoms with Crippen LogP contribution in [0.1, 0.15) is 99.8 Å². The van der Waals surface area contributed by atoms with Crippen molar-refractivity contribution in [2.45, 2.75) is 104 Å². The van der Waals surface area contributed by atoms with Crippen molar-refractivity contribution in [3.05, 3.63) is 0 Å². The van der Waals surface area contributed by atoms with E-state index in [2.05, 4.69) is 13.8 Å². The molecule has 0 aliphatic heterocycles. The van der Waals surface area contributed by atoms with Crippen molar-refractivity contribution in [2.24, 2.45) is 11.8 Å². The Hall–Kier alpha value is 0.250. The zero-order valence-corrected chi connectivity index (χ0v) is 20.8. The number of Topliss-reactive ketones (excluding diaryl/α,β-unsaturated/α-hetero) is 2. The average Bonchev–Trinajstić information content (AvgIpc) is 2.58. The van der Waals surface area contributed by atoms with Crippen LogP contribution >= 0.6 is 0 Å². The second-order valence-corrected chi connectivity index (χ2v) is 9.05. The van der Waals surface area contributed by atoms with E-state index in [1.807, 2.05) is 13.8 Å². The van der Waals surface area contributed by atoms with Crippen LogP contribution in [0.3, 0.4) is 0 Å². The SMILES string of the molecule is CCCCC(CC)CC(=O)CC(C(=O)CC(CC)CCCC)S(=O)(=O)O.[H-].[Na+]. The first-order chi connectivity index (χ1) is 12.2. The standard InChI is InChI=1S/C20H38O5S.Na.H/c1-5-9-11-16(7-3)13-18(21)15-20(26(23,24)25)19(22)14-17(8-4)12-10-6-2;;/h16-17,20H,5-15H2,1-4H3,(H,23,24,25);;/q;+1;-1. The number of unbranched alkanes of at least 4 members (excludes halogenated alkanes) is 2. The Morgan fingerprint density at radius 3 is 1.67 bits per heavy atom. The first-order valence-corrected chi connectivity index (χ1v) is 11.7. The quantitative estimate of drug-likeness (QED) is 0.309. The molecule has 0 bridgehead atoms. The molecule has 27 heavy (non-hydrogen) atoms. The van der Waals surface area contributed by atoms with E-state index in [9.17, 15) is 22.6 Å². The number of carbonyl (C=O) groups excluding carboxylic acids is 2. The monoisotopic (exact) mass is 414 g/mol. The van der Waals surface area contributed by atoms with Gasteiger partial charge in [-0.3, -0.25) is 14.1 Å². The van der Waals surface area contributed by atoms with Crippen molar-refractivity contribution >= 4 is 21.7 Å². The van der Waals surface area contributed by atoms with Gasteiger partial charge in [-0.1, -0.05) is 79.1 Å². The summed E-state index contributed by atoms with van der Waals surface area (Å²) >= 11 is 0. The van der Waals surface area contributed by atoms with Gasteiger partial charge in [0.2, 0.25) is 0 Å². The van der Waals surface area contributed by atoms with Gasteiger partial charge in [0.25, 0.3) is 10.1 Å². The molecule has 0 fully saturated rings. The molecular formula is C20H39NaO5S. The van der Waals surface area contributed by atoms with Crippen LogP contribution in [0.15, 0.2) is 0 Å². The Kier molecular flexibility index (Phi) is 17.6. The van der Waals surface area contributed by atoms with Crippen molar-refractivity contribution in [1.29, 1.82) is 0 Å². The van der Waals surface area contributed by atoms with Crippen LogP contribution in [0.5, 0.6) is 0 Å². The summed E-state index contributed by atoms with van der Waals surface area (Å²) in [7, 11) is -4.56. The zero-order valence-electron chi connectivity index (χ0n) is 19.0. The normalized spacial score (nSPS) is 14.9. The molecule has 0 aromatic rings. The van der Waals surface area contributed by atoms with Crippen LogP contribution < -0.4 is 29.6 Å². The van der Waals surface area contributed by atoms with Gasteiger partial charge in [-0.25, -0.2) is 0 Å². The molecule has 5 nitrogen and oxygen atoms in total. The first-order valence-electron chi connectivity index (χ1n) is 10.2. The molecule has 0 spiro atoms. The van der Waals surface area contributed by atoms with Gasteiger partial charge in [-0.15, -0.1) is 0 Å². The third kappa shape index (κ3) is 13.2. The molecule has 0 aliphatic rings. The largest absolute Gasteiger partial charge is 1.00 e.